The van der Waals surface area contributed by atoms with Crippen LogP contribution in [0.4, 0.5) is 0 Å². The van der Waals surface area contributed by atoms with E-state index >= 15 is 0 Å². The van der Waals surface area contributed by atoms with Gasteiger partial charge < -0.3 is 5.32 Å². The van der Waals surface area contributed by atoms with Crippen molar-refractivity contribution in [2.24, 2.45) is 0 Å². The second-order valence-electron chi connectivity index (χ2n) is 5.88. The van der Waals surface area contributed by atoms with E-state index in [1.165, 1.54) is 50.6 Å². The van der Waals surface area contributed by atoms with Gasteiger partial charge in [0, 0.05) is 31.7 Å². The molecule has 2 rings (SSSR count). The van der Waals surface area contributed by atoms with Crippen molar-refractivity contribution in [2.75, 3.05) is 26.7 Å². The van der Waals surface area contributed by atoms with Crippen molar-refractivity contribution in [3.63, 3.8) is 0 Å². The quantitative estimate of drug-likeness (QED) is 0.816. The van der Waals surface area contributed by atoms with Gasteiger partial charge >= 0.3 is 0 Å². The van der Waals surface area contributed by atoms with Crippen LogP contribution in [-0.4, -0.2) is 51.9 Å². The number of amides is 1. The van der Waals surface area contributed by atoms with Gasteiger partial charge in [-0.15, -0.1) is 0 Å². The third-order valence-corrected chi connectivity index (χ3v) is 5.76. The number of nitrogens with one attached hydrogen (secondary N) is 2. The Morgan fingerprint density at radius 2 is 1.96 bits per heavy atom. The number of hydrogen-bond acceptors (Lipinski definition) is 4. The molecule has 1 atom stereocenters. The minimum absolute atomic E-state index is 0.178. The second kappa shape index (κ2) is 7.90. The zero-order valence-electron chi connectivity index (χ0n) is 13.7. The lowest BCUT2D eigenvalue weighted by molar-refractivity contribution is 0.0963. The Morgan fingerprint density at radius 1 is 1.26 bits per heavy atom. The zero-order valence-corrected chi connectivity index (χ0v) is 14.5. The predicted molar refractivity (Wildman–Crippen MR) is 89.9 cm³/mol. The number of nitrogens with zero attached hydrogens (tertiary/aromatic N) is 1. The molecule has 1 aliphatic rings. The summed E-state index contributed by atoms with van der Waals surface area (Å²) in [5.41, 5.74) is 0.439. The fourth-order valence-corrected chi connectivity index (χ4v) is 3.85. The van der Waals surface area contributed by atoms with E-state index in [-0.39, 0.29) is 10.8 Å². The van der Waals surface area contributed by atoms with Gasteiger partial charge in [0.2, 0.25) is 10.0 Å². The van der Waals surface area contributed by atoms with Crippen molar-refractivity contribution >= 4 is 15.9 Å². The molecule has 1 aliphatic heterocycles. The lowest BCUT2D eigenvalue weighted by Crippen LogP contribution is -2.42. The van der Waals surface area contributed by atoms with E-state index < -0.39 is 10.0 Å². The highest BCUT2D eigenvalue weighted by molar-refractivity contribution is 7.89. The molecule has 128 valence electrons. The SMILES string of the molecule is CNC(=O)c1ccc(S(=O)(=O)NCCN2CCCCC2C)cc1. The van der Waals surface area contributed by atoms with Crippen molar-refractivity contribution in [3.8, 4) is 0 Å². The highest BCUT2D eigenvalue weighted by Crippen LogP contribution is 2.15. The van der Waals surface area contributed by atoms with Crippen LogP contribution in [0.5, 0.6) is 0 Å². The Hall–Kier alpha value is -1.44. The number of benzene rings is 1. The molecule has 0 radical (unpaired) electrons. The van der Waals surface area contributed by atoms with Gasteiger partial charge in [-0.25, -0.2) is 13.1 Å². The first-order chi connectivity index (χ1) is 10.9. The minimum atomic E-state index is -3.54. The van der Waals surface area contributed by atoms with Crippen LogP contribution in [0.3, 0.4) is 0 Å². The molecule has 0 aromatic heterocycles. The monoisotopic (exact) mass is 339 g/mol. The van der Waals surface area contributed by atoms with Gasteiger partial charge in [-0.3, -0.25) is 9.69 Å². The Bertz CT molecular complexity index is 628. The Kier molecular flexibility index (Phi) is 6.15. The topological polar surface area (TPSA) is 78.5 Å². The van der Waals surface area contributed by atoms with Crippen LogP contribution in [0.15, 0.2) is 29.2 Å². The van der Waals surface area contributed by atoms with Crippen molar-refractivity contribution in [2.45, 2.75) is 37.1 Å². The summed E-state index contributed by atoms with van der Waals surface area (Å²) in [6.07, 6.45) is 3.60. The van der Waals surface area contributed by atoms with E-state index in [1.807, 2.05) is 0 Å². The summed E-state index contributed by atoms with van der Waals surface area (Å²) in [5, 5.41) is 2.50. The summed E-state index contributed by atoms with van der Waals surface area (Å²) in [6, 6.07) is 6.45. The Labute approximate surface area is 138 Å². The standard InChI is InChI=1S/C16H25N3O3S/c1-13-5-3-4-11-19(13)12-10-18-23(21,22)15-8-6-14(7-9-15)16(20)17-2/h6-9,13,18H,3-5,10-12H2,1-2H3,(H,17,20). The molecule has 1 aromatic carbocycles. The van der Waals surface area contributed by atoms with Gasteiger partial charge in [0.25, 0.3) is 5.91 Å². The molecular weight excluding hydrogens is 314 g/mol. The van der Waals surface area contributed by atoms with Gasteiger partial charge in [0.05, 0.1) is 4.90 Å². The maximum atomic E-state index is 12.3. The van der Waals surface area contributed by atoms with Gasteiger partial charge in [0.15, 0.2) is 0 Å². The first-order valence-electron chi connectivity index (χ1n) is 8.00. The highest BCUT2D eigenvalue weighted by Gasteiger charge is 2.19. The number of piperidine rings is 1. The first kappa shape index (κ1) is 17.9. The molecule has 0 aliphatic carbocycles. The maximum absolute atomic E-state index is 12.3. The smallest absolute Gasteiger partial charge is 0.251 e. The van der Waals surface area contributed by atoms with Gasteiger partial charge in [0.1, 0.15) is 0 Å². The summed E-state index contributed by atoms with van der Waals surface area (Å²) in [5.74, 6) is -0.235. The van der Waals surface area contributed by atoms with E-state index in [2.05, 4.69) is 21.9 Å². The van der Waals surface area contributed by atoms with Gasteiger partial charge in [-0.1, -0.05) is 6.42 Å². The molecule has 0 saturated carbocycles. The third kappa shape index (κ3) is 4.76. The molecule has 1 saturated heterocycles. The number of rotatable bonds is 6. The fourth-order valence-electron chi connectivity index (χ4n) is 2.83. The Balaban J connectivity index is 1.92. The first-order valence-corrected chi connectivity index (χ1v) is 9.48. The van der Waals surface area contributed by atoms with Crippen molar-refractivity contribution < 1.29 is 13.2 Å². The summed E-state index contributed by atoms with van der Waals surface area (Å²) in [4.78, 5) is 14.0. The molecule has 0 bridgehead atoms. The molecule has 2 N–H and O–H groups in total. The molecule has 1 fully saturated rings. The fraction of sp³-hybridized carbons (Fsp3) is 0.562. The lowest BCUT2D eigenvalue weighted by atomic mass is 10.0. The van der Waals surface area contributed by atoms with Gasteiger partial charge in [-0.2, -0.15) is 0 Å². The summed E-state index contributed by atoms with van der Waals surface area (Å²) < 4.78 is 27.2. The summed E-state index contributed by atoms with van der Waals surface area (Å²) >= 11 is 0. The van der Waals surface area contributed by atoms with E-state index in [0.29, 0.717) is 18.2 Å². The average molecular weight is 339 g/mol. The van der Waals surface area contributed by atoms with E-state index in [0.717, 1.165) is 13.1 Å². The molecule has 1 unspecified atom stereocenters. The van der Waals surface area contributed by atoms with Crippen molar-refractivity contribution in [1.82, 2.24) is 14.9 Å². The second-order valence-corrected chi connectivity index (χ2v) is 7.65. The van der Waals surface area contributed by atoms with Gasteiger partial charge in [-0.05, 0) is 50.6 Å². The van der Waals surface area contributed by atoms with Crippen LogP contribution in [-0.2, 0) is 10.0 Å². The van der Waals surface area contributed by atoms with E-state index in [4.69, 9.17) is 0 Å². The zero-order chi connectivity index (χ0) is 16.9. The molecule has 1 aromatic rings. The lowest BCUT2D eigenvalue weighted by Gasteiger charge is -2.33. The van der Waals surface area contributed by atoms with E-state index in [1.54, 1.807) is 0 Å². The van der Waals surface area contributed by atoms with Crippen LogP contribution >= 0.6 is 0 Å². The van der Waals surface area contributed by atoms with Crippen molar-refractivity contribution in [3.05, 3.63) is 29.8 Å². The van der Waals surface area contributed by atoms with Crippen LogP contribution < -0.4 is 10.0 Å². The number of carbonyl (C=O) groups is 1. The normalized spacial score (nSPS) is 19.5. The largest absolute Gasteiger partial charge is 0.355 e. The van der Waals surface area contributed by atoms with E-state index in [9.17, 15) is 13.2 Å². The molecule has 6 nitrogen and oxygen atoms in total. The minimum Gasteiger partial charge on any atom is -0.355 e. The highest BCUT2D eigenvalue weighted by atomic mass is 32.2. The predicted octanol–water partition coefficient (Wildman–Crippen LogP) is 1.20. The maximum Gasteiger partial charge on any atom is 0.251 e. The Morgan fingerprint density at radius 3 is 2.57 bits per heavy atom. The third-order valence-electron chi connectivity index (χ3n) is 4.29. The molecule has 7 heteroatoms. The van der Waals surface area contributed by atoms with Crippen LogP contribution in [0.2, 0.25) is 0 Å². The summed E-state index contributed by atoms with van der Waals surface area (Å²) in [6.45, 7) is 4.33. The molecular formula is C16H25N3O3S. The number of carbonyl (C=O) groups excluding carboxylic acids is 1. The van der Waals surface area contributed by atoms with Crippen molar-refractivity contribution in [1.29, 1.82) is 0 Å². The average Bonchev–Trinajstić information content (AvgIpc) is 2.56. The van der Waals surface area contributed by atoms with Crippen LogP contribution in [0.25, 0.3) is 0 Å². The molecule has 0 spiro atoms. The number of hydrogen-bond donors (Lipinski definition) is 2. The molecule has 1 amide bonds. The molecule has 1 heterocycles. The molecule has 23 heavy (non-hydrogen) atoms. The summed E-state index contributed by atoms with van der Waals surface area (Å²) in [7, 11) is -2.00. The van der Waals surface area contributed by atoms with Crippen LogP contribution in [0.1, 0.15) is 36.5 Å². The van der Waals surface area contributed by atoms with Crippen LogP contribution in [0, 0.1) is 0 Å². The number of sulfonamides is 1. The number of likely N-dealkylation sites (tertiary alicyclic amines) is 1.